The lowest BCUT2D eigenvalue weighted by Crippen LogP contribution is -2.46. The van der Waals surface area contributed by atoms with E-state index in [-0.39, 0.29) is 12.1 Å². The Morgan fingerprint density at radius 3 is 2.79 bits per heavy atom. The average molecular weight is 407 g/mol. The van der Waals surface area contributed by atoms with E-state index in [1.165, 1.54) is 5.56 Å². The highest BCUT2D eigenvalue weighted by Gasteiger charge is 2.35. The second kappa shape index (κ2) is 7.67. The smallest absolute Gasteiger partial charge is 0.322 e. The van der Waals surface area contributed by atoms with E-state index in [4.69, 9.17) is 4.52 Å². The summed E-state index contributed by atoms with van der Waals surface area (Å²) in [6, 6.07) is 9.53. The van der Waals surface area contributed by atoms with Gasteiger partial charge in [-0.25, -0.2) is 4.79 Å². The molecule has 0 aliphatic carbocycles. The van der Waals surface area contributed by atoms with Crippen LogP contribution in [0.15, 0.2) is 58.6 Å². The molecule has 1 atom stereocenters. The third kappa shape index (κ3) is 3.49. The van der Waals surface area contributed by atoms with E-state index in [1.54, 1.807) is 22.3 Å². The number of allylic oxidation sites excluding steroid dienone is 1. The van der Waals surface area contributed by atoms with E-state index in [1.807, 2.05) is 30.5 Å². The Labute approximate surface area is 173 Å². The molecule has 0 saturated carbocycles. The van der Waals surface area contributed by atoms with Crippen LogP contribution in [0.5, 0.6) is 0 Å². The van der Waals surface area contributed by atoms with Crippen LogP contribution in [0.2, 0.25) is 0 Å². The van der Waals surface area contributed by atoms with Crippen molar-refractivity contribution in [1.82, 2.24) is 20.4 Å². The lowest BCUT2D eigenvalue weighted by atomic mass is 9.92. The van der Waals surface area contributed by atoms with Gasteiger partial charge in [0.2, 0.25) is 5.82 Å². The van der Waals surface area contributed by atoms with Gasteiger partial charge in [0.1, 0.15) is 0 Å². The Balaban J connectivity index is 1.84. The fraction of sp³-hybridized carbons (Fsp3) is 0.227. The van der Waals surface area contributed by atoms with Crippen LogP contribution in [0.4, 0.5) is 4.79 Å². The zero-order valence-corrected chi connectivity index (χ0v) is 17.4. The van der Waals surface area contributed by atoms with Gasteiger partial charge in [-0.3, -0.25) is 4.90 Å². The molecule has 2 amide bonds. The van der Waals surface area contributed by atoms with Crippen LogP contribution in [0.3, 0.4) is 0 Å². The number of hydrogen-bond donors (Lipinski definition) is 1. The maximum absolute atomic E-state index is 12.8. The van der Waals surface area contributed by atoms with Crippen LogP contribution >= 0.6 is 11.3 Å². The first-order chi connectivity index (χ1) is 14.0. The zero-order chi connectivity index (χ0) is 20.5. The molecule has 3 heterocycles. The van der Waals surface area contributed by atoms with E-state index >= 15 is 0 Å². The van der Waals surface area contributed by atoms with Gasteiger partial charge >= 0.3 is 6.03 Å². The lowest BCUT2D eigenvalue weighted by Gasteiger charge is -2.34. The second-order valence-electron chi connectivity index (χ2n) is 7.03. The summed E-state index contributed by atoms with van der Waals surface area (Å²) in [7, 11) is 0. The molecule has 1 aliphatic rings. The topological polar surface area (TPSA) is 71.3 Å². The number of nitrogens with one attached hydrogen (secondary N) is 1. The van der Waals surface area contributed by atoms with Gasteiger partial charge in [-0.05, 0) is 48.9 Å². The molecule has 7 heteroatoms. The van der Waals surface area contributed by atoms with Crippen molar-refractivity contribution in [1.29, 1.82) is 0 Å². The Hall–Kier alpha value is -3.19. The van der Waals surface area contributed by atoms with Gasteiger partial charge in [-0.2, -0.15) is 4.98 Å². The van der Waals surface area contributed by atoms with Crippen LogP contribution in [-0.2, 0) is 0 Å². The molecule has 1 N–H and O–H groups in total. The van der Waals surface area contributed by atoms with Crippen LogP contribution in [0.25, 0.3) is 16.3 Å². The molecule has 1 aromatic carbocycles. The fourth-order valence-electron chi connectivity index (χ4n) is 3.44. The fourth-order valence-corrected chi connectivity index (χ4v) is 4.09. The molecular weight excluding hydrogens is 384 g/mol. The van der Waals surface area contributed by atoms with Gasteiger partial charge in [0.15, 0.2) is 0 Å². The third-order valence-electron chi connectivity index (χ3n) is 5.17. The highest BCUT2D eigenvalue weighted by molar-refractivity contribution is 7.13. The van der Waals surface area contributed by atoms with Gasteiger partial charge in [0.25, 0.3) is 5.89 Å². The molecule has 1 unspecified atom stereocenters. The predicted molar refractivity (Wildman–Crippen MR) is 114 cm³/mol. The molecule has 0 fully saturated rings. The Morgan fingerprint density at radius 2 is 2.10 bits per heavy atom. The third-order valence-corrected chi connectivity index (χ3v) is 6.04. The SMILES string of the molecule is C=CCN1C(=O)NC(c2ccc(C)c(C)c2)C(c2nc(-c3cccs3)no2)=C1C. The van der Waals surface area contributed by atoms with Gasteiger partial charge < -0.3 is 9.84 Å². The summed E-state index contributed by atoms with van der Waals surface area (Å²) in [5, 5.41) is 9.22. The molecule has 0 radical (unpaired) electrons. The lowest BCUT2D eigenvalue weighted by molar-refractivity contribution is 0.209. The highest BCUT2D eigenvalue weighted by Crippen LogP contribution is 2.38. The monoisotopic (exact) mass is 406 g/mol. The number of thiophene rings is 1. The van der Waals surface area contributed by atoms with Gasteiger partial charge in [0, 0.05) is 12.2 Å². The maximum Gasteiger partial charge on any atom is 0.322 e. The molecular formula is C22H22N4O2S. The summed E-state index contributed by atoms with van der Waals surface area (Å²) in [6.45, 7) is 10.2. The molecule has 29 heavy (non-hydrogen) atoms. The number of rotatable bonds is 5. The summed E-state index contributed by atoms with van der Waals surface area (Å²) in [6.07, 6.45) is 1.70. The molecule has 4 rings (SSSR count). The number of aromatic nitrogens is 2. The summed E-state index contributed by atoms with van der Waals surface area (Å²) < 4.78 is 5.65. The van der Waals surface area contributed by atoms with E-state index < -0.39 is 0 Å². The summed E-state index contributed by atoms with van der Waals surface area (Å²) in [5.74, 6) is 0.949. The van der Waals surface area contributed by atoms with E-state index in [9.17, 15) is 4.79 Å². The van der Waals surface area contributed by atoms with Crippen LogP contribution in [-0.4, -0.2) is 27.6 Å². The van der Waals surface area contributed by atoms with Crippen molar-refractivity contribution in [3.8, 4) is 10.7 Å². The zero-order valence-electron chi connectivity index (χ0n) is 16.6. The number of carbonyl (C=O) groups is 1. The van der Waals surface area contributed by atoms with Crippen molar-refractivity contribution in [3.63, 3.8) is 0 Å². The first kappa shape index (κ1) is 19.1. The Morgan fingerprint density at radius 1 is 1.28 bits per heavy atom. The second-order valence-corrected chi connectivity index (χ2v) is 7.97. The molecule has 0 bridgehead atoms. The largest absolute Gasteiger partial charge is 0.334 e. The quantitative estimate of drug-likeness (QED) is 0.599. The summed E-state index contributed by atoms with van der Waals surface area (Å²) in [4.78, 5) is 20.0. The van der Waals surface area contributed by atoms with E-state index in [0.717, 1.165) is 27.3 Å². The molecule has 0 saturated heterocycles. The minimum absolute atomic E-state index is 0.174. The van der Waals surface area contributed by atoms with Crippen molar-refractivity contribution in [3.05, 3.63) is 76.6 Å². The number of urea groups is 1. The molecule has 6 nitrogen and oxygen atoms in total. The van der Waals surface area contributed by atoms with Crippen molar-refractivity contribution in [2.24, 2.45) is 0 Å². The summed E-state index contributed by atoms with van der Waals surface area (Å²) in [5.41, 5.74) is 4.91. The molecule has 148 valence electrons. The number of hydrogen-bond acceptors (Lipinski definition) is 5. The predicted octanol–water partition coefficient (Wildman–Crippen LogP) is 5.10. The summed E-state index contributed by atoms with van der Waals surface area (Å²) >= 11 is 1.55. The minimum Gasteiger partial charge on any atom is -0.334 e. The Bertz CT molecular complexity index is 1100. The van der Waals surface area contributed by atoms with Crippen molar-refractivity contribution in [2.45, 2.75) is 26.8 Å². The molecule has 0 spiro atoms. The van der Waals surface area contributed by atoms with E-state index in [0.29, 0.717) is 18.3 Å². The van der Waals surface area contributed by atoms with Crippen LogP contribution in [0.1, 0.15) is 35.5 Å². The van der Waals surface area contributed by atoms with Gasteiger partial charge in [0.05, 0.1) is 16.5 Å². The van der Waals surface area contributed by atoms with Crippen molar-refractivity contribution >= 4 is 22.9 Å². The first-order valence-corrected chi connectivity index (χ1v) is 10.2. The van der Waals surface area contributed by atoms with Crippen LogP contribution < -0.4 is 5.32 Å². The number of nitrogens with zero attached hydrogens (tertiary/aromatic N) is 3. The van der Waals surface area contributed by atoms with Crippen molar-refractivity contribution < 1.29 is 9.32 Å². The van der Waals surface area contributed by atoms with Crippen molar-refractivity contribution in [2.75, 3.05) is 6.54 Å². The normalized spacial score (nSPS) is 16.9. The average Bonchev–Trinajstić information content (AvgIpc) is 3.38. The van der Waals surface area contributed by atoms with E-state index in [2.05, 4.69) is 48.0 Å². The molecule has 2 aromatic heterocycles. The minimum atomic E-state index is -0.375. The maximum atomic E-state index is 12.8. The number of benzene rings is 1. The van der Waals surface area contributed by atoms with Crippen LogP contribution in [0, 0.1) is 13.8 Å². The highest BCUT2D eigenvalue weighted by atomic mass is 32.1. The molecule has 1 aliphatic heterocycles. The standard InChI is InChI=1S/C22H22N4O2S/c1-5-10-26-15(4)18(21-24-20(25-28-21)17-7-6-11-29-17)19(23-22(26)27)16-9-8-13(2)14(3)12-16/h5-9,11-12,19H,1,10H2,2-4H3,(H,23,27). The number of aryl methyl sites for hydroxylation is 2. The van der Waals surface area contributed by atoms with Gasteiger partial charge in [-0.15, -0.1) is 17.9 Å². The van der Waals surface area contributed by atoms with Gasteiger partial charge in [-0.1, -0.05) is 35.5 Å². The number of carbonyl (C=O) groups excluding carboxylic acids is 1. The first-order valence-electron chi connectivity index (χ1n) is 9.34. The Kier molecular flexibility index (Phi) is 5.07. The molecule has 3 aromatic rings. The number of amides is 2.